The van der Waals surface area contributed by atoms with Crippen LogP contribution in [-0.4, -0.2) is 35.3 Å². The minimum absolute atomic E-state index is 0.0612. The van der Waals surface area contributed by atoms with Crippen LogP contribution in [0.2, 0.25) is 0 Å². The van der Waals surface area contributed by atoms with Crippen LogP contribution >= 0.6 is 11.3 Å². The Hall–Kier alpha value is -1.69. The Labute approximate surface area is 178 Å². The van der Waals surface area contributed by atoms with E-state index < -0.39 is 6.10 Å². The third kappa shape index (κ3) is 6.14. The van der Waals surface area contributed by atoms with Crippen LogP contribution in [0.1, 0.15) is 62.6 Å². The molecule has 0 unspecified atom stereocenters. The van der Waals surface area contributed by atoms with Crippen molar-refractivity contribution < 1.29 is 19.7 Å². The van der Waals surface area contributed by atoms with Crippen LogP contribution in [0.15, 0.2) is 12.1 Å². The SMILES string of the molecule is Cc1cc(CCC(=O)c2sc(C)c(CC(C)C)c2C)cc(C)c1OC[C@@H](O)CO. The number of thiophene rings is 1. The fourth-order valence-electron chi connectivity index (χ4n) is 3.68. The van der Waals surface area contributed by atoms with Crippen LogP contribution in [0, 0.1) is 33.6 Å². The minimum atomic E-state index is -0.885. The predicted octanol–water partition coefficient (Wildman–Crippen LogP) is 4.73. The normalized spacial score (nSPS) is 12.4. The van der Waals surface area contributed by atoms with E-state index in [4.69, 9.17) is 9.84 Å². The number of Topliss-reactive ketones (excluding diaryl/α,β-unsaturated/α-hetero) is 1. The van der Waals surface area contributed by atoms with Crippen LogP contribution in [0.4, 0.5) is 0 Å². The van der Waals surface area contributed by atoms with Crippen molar-refractivity contribution in [2.45, 2.75) is 66.9 Å². The zero-order valence-electron chi connectivity index (χ0n) is 18.5. The molecule has 0 spiro atoms. The lowest BCUT2D eigenvalue weighted by atomic mass is 9.97. The van der Waals surface area contributed by atoms with Gasteiger partial charge in [0.05, 0.1) is 11.5 Å². The molecule has 0 aliphatic carbocycles. The highest BCUT2D eigenvalue weighted by atomic mass is 32.1. The van der Waals surface area contributed by atoms with E-state index in [0.717, 1.165) is 39.3 Å². The van der Waals surface area contributed by atoms with Gasteiger partial charge in [-0.2, -0.15) is 0 Å². The van der Waals surface area contributed by atoms with Gasteiger partial charge in [0.2, 0.25) is 0 Å². The summed E-state index contributed by atoms with van der Waals surface area (Å²) >= 11 is 1.63. The first-order valence-corrected chi connectivity index (χ1v) is 11.1. The lowest BCUT2D eigenvalue weighted by Crippen LogP contribution is -2.21. The molecule has 1 aromatic carbocycles. The molecule has 0 saturated heterocycles. The first kappa shape index (κ1) is 23.6. The van der Waals surface area contributed by atoms with Gasteiger partial charge in [0.1, 0.15) is 18.5 Å². The second kappa shape index (κ2) is 10.4. The number of hydrogen-bond donors (Lipinski definition) is 2. The van der Waals surface area contributed by atoms with Crippen molar-refractivity contribution in [1.82, 2.24) is 0 Å². The Balaban J connectivity index is 2.07. The summed E-state index contributed by atoms with van der Waals surface area (Å²) in [4.78, 5) is 15.0. The molecule has 4 nitrogen and oxygen atoms in total. The summed E-state index contributed by atoms with van der Waals surface area (Å²) < 4.78 is 5.66. The van der Waals surface area contributed by atoms with E-state index in [0.29, 0.717) is 18.8 Å². The second-order valence-corrected chi connectivity index (χ2v) is 9.54. The fourth-order valence-corrected chi connectivity index (χ4v) is 4.84. The summed E-state index contributed by atoms with van der Waals surface area (Å²) in [6.45, 7) is 12.3. The van der Waals surface area contributed by atoms with E-state index in [2.05, 4.69) is 27.7 Å². The van der Waals surface area contributed by atoms with E-state index in [1.165, 1.54) is 10.4 Å². The number of carbonyl (C=O) groups excluding carboxylic acids is 1. The van der Waals surface area contributed by atoms with Crippen molar-refractivity contribution >= 4 is 17.1 Å². The summed E-state index contributed by atoms with van der Waals surface area (Å²) in [5, 5.41) is 18.4. The molecule has 1 aromatic heterocycles. The topological polar surface area (TPSA) is 66.8 Å². The Morgan fingerprint density at radius 1 is 1.14 bits per heavy atom. The number of rotatable bonds is 10. The van der Waals surface area contributed by atoms with Crippen molar-refractivity contribution in [1.29, 1.82) is 0 Å². The van der Waals surface area contributed by atoms with Crippen molar-refractivity contribution in [3.63, 3.8) is 0 Å². The Kier molecular flexibility index (Phi) is 8.44. The van der Waals surface area contributed by atoms with Crippen LogP contribution in [0.3, 0.4) is 0 Å². The molecule has 5 heteroatoms. The number of aryl methyl sites for hydroxylation is 4. The lowest BCUT2D eigenvalue weighted by Gasteiger charge is -2.16. The van der Waals surface area contributed by atoms with E-state index >= 15 is 0 Å². The van der Waals surface area contributed by atoms with E-state index in [1.54, 1.807) is 11.3 Å². The number of ketones is 1. The smallest absolute Gasteiger partial charge is 0.173 e. The van der Waals surface area contributed by atoms with Crippen LogP contribution in [0.5, 0.6) is 5.75 Å². The summed E-state index contributed by atoms with van der Waals surface area (Å²) in [5.41, 5.74) is 5.55. The maximum atomic E-state index is 12.9. The molecule has 1 heterocycles. The molecule has 0 saturated carbocycles. The highest BCUT2D eigenvalue weighted by molar-refractivity contribution is 7.14. The maximum Gasteiger partial charge on any atom is 0.173 e. The van der Waals surface area contributed by atoms with Crippen LogP contribution < -0.4 is 4.74 Å². The molecule has 0 amide bonds. The molecule has 0 radical (unpaired) electrons. The molecule has 2 N–H and O–H groups in total. The van der Waals surface area contributed by atoms with Gasteiger partial charge in [0.25, 0.3) is 0 Å². The zero-order chi connectivity index (χ0) is 21.7. The van der Waals surface area contributed by atoms with Gasteiger partial charge in [-0.05, 0) is 74.3 Å². The lowest BCUT2D eigenvalue weighted by molar-refractivity contribution is 0.0531. The highest BCUT2D eigenvalue weighted by Gasteiger charge is 2.19. The first-order valence-electron chi connectivity index (χ1n) is 10.3. The fraction of sp³-hybridized carbons (Fsp3) is 0.542. The van der Waals surface area contributed by atoms with Gasteiger partial charge >= 0.3 is 0 Å². The highest BCUT2D eigenvalue weighted by Crippen LogP contribution is 2.31. The number of aliphatic hydroxyl groups excluding tert-OH is 2. The molecule has 2 rings (SSSR count). The minimum Gasteiger partial charge on any atom is -0.490 e. The number of carbonyl (C=O) groups is 1. The van der Waals surface area contributed by atoms with E-state index in [1.807, 2.05) is 26.0 Å². The number of aliphatic hydroxyl groups is 2. The summed E-state index contributed by atoms with van der Waals surface area (Å²) in [7, 11) is 0. The van der Waals surface area contributed by atoms with Gasteiger partial charge in [-0.15, -0.1) is 11.3 Å². The molecule has 160 valence electrons. The Bertz CT molecular complexity index is 828. The third-order valence-corrected chi connectivity index (χ3v) is 6.42. The maximum absolute atomic E-state index is 12.9. The standard InChI is InChI=1S/C24H34O4S/c1-14(2)9-21-17(5)24(29-18(21)6)22(27)8-7-19-10-15(3)23(16(4)11-19)28-13-20(26)12-25/h10-11,14,20,25-26H,7-9,12-13H2,1-6H3/t20-/m0/s1. The summed E-state index contributed by atoms with van der Waals surface area (Å²) in [5.74, 6) is 1.53. The van der Waals surface area contributed by atoms with E-state index in [9.17, 15) is 9.90 Å². The van der Waals surface area contributed by atoms with Crippen LogP contribution in [-0.2, 0) is 12.8 Å². The number of hydrogen-bond acceptors (Lipinski definition) is 5. The second-order valence-electron chi connectivity index (χ2n) is 8.32. The van der Waals surface area contributed by atoms with Crippen molar-refractivity contribution in [2.75, 3.05) is 13.2 Å². The Morgan fingerprint density at radius 3 is 2.31 bits per heavy atom. The molecule has 2 aromatic rings. The van der Waals surface area contributed by atoms with Crippen molar-refractivity contribution in [3.8, 4) is 5.75 Å². The average molecular weight is 419 g/mol. The molecule has 1 atom stereocenters. The average Bonchev–Trinajstić information content (AvgIpc) is 2.93. The summed E-state index contributed by atoms with van der Waals surface area (Å²) in [6.07, 6.45) is 1.32. The third-order valence-electron chi connectivity index (χ3n) is 5.13. The molecular formula is C24H34O4S. The largest absolute Gasteiger partial charge is 0.490 e. The van der Waals surface area contributed by atoms with Gasteiger partial charge in [-0.1, -0.05) is 26.0 Å². The van der Waals surface area contributed by atoms with Gasteiger partial charge in [-0.25, -0.2) is 0 Å². The zero-order valence-corrected chi connectivity index (χ0v) is 19.3. The van der Waals surface area contributed by atoms with Gasteiger partial charge < -0.3 is 14.9 Å². The number of ether oxygens (including phenoxy) is 1. The quantitative estimate of drug-likeness (QED) is 0.548. The molecule has 0 aliphatic rings. The summed E-state index contributed by atoms with van der Waals surface area (Å²) in [6, 6.07) is 4.08. The number of benzene rings is 1. The van der Waals surface area contributed by atoms with Crippen molar-refractivity contribution in [2.24, 2.45) is 5.92 Å². The Morgan fingerprint density at radius 2 is 1.76 bits per heavy atom. The molecule has 0 aliphatic heterocycles. The van der Waals surface area contributed by atoms with E-state index in [-0.39, 0.29) is 19.0 Å². The molecular weight excluding hydrogens is 384 g/mol. The van der Waals surface area contributed by atoms with Gasteiger partial charge in [0, 0.05) is 11.3 Å². The monoisotopic (exact) mass is 418 g/mol. The molecule has 29 heavy (non-hydrogen) atoms. The molecule has 0 fully saturated rings. The van der Waals surface area contributed by atoms with Gasteiger partial charge in [-0.3, -0.25) is 4.79 Å². The van der Waals surface area contributed by atoms with Gasteiger partial charge in [0.15, 0.2) is 5.78 Å². The first-order chi connectivity index (χ1) is 13.6. The van der Waals surface area contributed by atoms with Crippen molar-refractivity contribution in [3.05, 3.63) is 49.7 Å². The molecule has 0 bridgehead atoms. The van der Waals surface area contributed by atoms with Crippen LogP contribution in [0.25, 0.3) is 0 Å². The predicted molar refractivity (Wildman–Crippen MR) is 119 cm³/mol.